The molecule has 1 aromatic rings. The van der Waals surface area contributed by atoms with E-state index in [4.69, 9.17) is 14.2 Å². The molecule has 2 fully saturated rings. The topological polar surface area (TPSA) is 39.7 Å². The van der Waals surface area contributed by atoms with Crippen molar-refractivity contribution >= 4 is 0 Å². The maximum atomic E-state index is 6.79. The van der Waals surface area contributed by atoms with Crippen molar-refractivity contribution < 1.29 is 14.2 Å². The highest BCUT2D eigenvalue weighted by Crippen LogP contribution is 2.57. The Kier molecular flexibility index (Phi) is 5.15. The van der Waals surface area contributed by atoms with Gasteiger partial charge in [0.25, 0.3) is 0 Å². The van der Waals surface area contributed by atoms with Crippen LogP contribution in [0.4, 0.5) is 0 Å². The highest BCUT2D eigenvalue weighted by atomic mass is 16.5. The molecular formula is C23H35NO3. The second-order valence-electron chi connectivity index (χ2n) is 9.45. The predicted octanol–water partition coefficient (Wildman–Crippen LogP) is 4.73. The van der Waals surface area contributed by atoms with Gasteiger partial charge in [-0.3, -0.25) is 0 Å². The number of hydrogen-bond acceptors (Lipinski definition) is 4. The van der Waals surface area contributed by atoms with Crippen LogP contribution in [0.3, 0.4) is 0 Å². The van der Waals surface area contributed by atoms with Crippen molar-refractivity contribution in [2.24, 2.45) is 17.3 Å². The Morgan fingerprint density at radius 2 is 2.11 bits per heavy atom. The van der Waals surface area contributed by atoms with Gasteiger partial charge in [-0.25, -0.2) is 0 Å². The summed E-state index contributed by atoms with van der Waals surface area (Å²) in [5.41, 5.74) is 1.27. The number of hydrogen-bond donors (Lipinski definition) is 1. The van der Waals surface area contributed by atoms with Crippen LogP contribution < -0.4 is 14.8 Å². The minimum atomic E-state index is -0.206. The Balaban J connectivity index is 1.67. The second kappa shape index (κ2) is 7.29. The molecular weight excluding hydrogens is 338 g/mol. The van der Waals surface area contributed by atoms with E-state index < -0.39 is 0 Å². The molecule has 4 nitrogen and oxygen atoms in total. The minimum absolute atomic E-state index is 0.115. The minimum Gasteiger partial charge on any atom is -0.490 e. The van der Waals surface area contributed by atoms with E-state index in [2.05, 4.69) is 38.2 Å². The smallest absolute Gasteiger partial charge is 0.167 e. The predicted molar refractivity (Wildman–Crippen MR) is 107 cm³/mol. The van der Waals surface area contributed by atoms with Gasteiger partial charge in [-0.2, -0.15) is 0 Å². The van der Waals surface area contributed by atoms with E-state index in [1.165, 1.54) is 24.8 Å². The third-order valence-corrected chi connectivity index (χ3v) is 6.78. The molecule has 0 saturated carbocycles. The number of fused-ring (bicyclic) bond motifs is 3. The van der Waals surface area contributed by atoms with Gasteiger partial charge in [-0.05, 0) is 45.1 Å². The quantitative estimate of drug-likeness (QED) is 0.782. The zero-order valence-corrected chi connectivity index (χ0v) is 17.3. The van der Waals surface area contributed by atoms with Crippen molar-refractivity contribution in [1.29, 1.82) is 0 Å². The summed E-state index contributed by atoms with van der Waals surface area (Å²) in [4.78, 5) is 0. The molecule has 0 amide bonds. The summed E-state index contributed by atoms with van der Waals surface area (Å²) in [6, 6.07) is 6.27. The Labute approximate surface area is 164 Å². The highest BCUT2D eigenvalue weighted by Gasteiger charge is 2.55. The van der Waals surface area contributed by atoms with Gasteiger partial charge in [0.15, 0.2) is 11.5 Å². The number of para-hydroxylation sites is 1. The standard InChI is InChI=1S/C23H35NO3/c1-5-25-19-10-6-9-17-20-18(12-23(15-26-20)13-24-14-23)22(4,27-21(17)19)11-7-8-16(2)3/h6,9-10,16,18,20,24H,5,7-8,11-15H2,1-4H3/t18-,20+,22+/m0/s1. The Bertz CT molecular complexity index is 670. The van der Waals surface area contributed by atoms with E-state index in [-0.39, 0.29) is 11.7 Å². The zero-order chi connectivity index (χ0) is 19.1. The molecule has 4 rings (SSSR count). The van der Waals surface area contributed by atoms with Crippen LogP contribution in [-0.2, 0) is 4.74 Å². The van der Waals surface area contributed by atoms with Crippen LogP contribution in [0.25, 0.3) is 0 Å². The van der Waals surface area contributed by atoms with Crippen molar-refractivity contribution in [3.8, 4) is 11.5 Å². The Morgan fingerprint density at radius 3 is 2.78 bits per heavy atom. The molecule has 1 aromatic carbocycles. The number of nitrogens with one attached hydrogen (secondary N) is 1. The summed E-state index contributed by atoms with van der Waals surface area (Å²) in [7, 11) is 0. The molecule has 3 atom stereocenters. The first kappa shape index (κ1) is 19.1. The maximum Gasteiger partial charge on any atom is 0.167 e. The molecule has 27 heavy (non-hydrogen) atoms. The van der Waals surface area contributed by atoms with Gasteiger partial charge in [-0.15, -0.1) is 0 Å². The zero-order valence-electron chi connectivity index (χ0n) is 17.3. The molecule has 1 N–H and O–H groups in total. The molecule has 4 heteroatoms. The molecule has 0 aromatic heterocycles. The summed E-state index contributed by atoms with van der Waals surface area (Å²) < 4.78 is 19.2. The monoisotopic (exact) mass is 373 g/mol. The maximum absolute atomic E-state index is 6.79. The lowest BCUT2D eigenvalue weighted by Gasteiger charge is -2.56. The summed E-state index contributed by atoms with van der Waals surface area (Å²) in [5, 5.41) is 3.46. The Hall–Kier alpha value is -1.26. The fourth-order valence-electron chi connectivity index (χ4n) is 5.12. The fraction of sp³-hybridized carbons (Fsp3) is 0.739. The van der Waals surface area contributed by atoms with Crippen LogP contribution in [0.15, 0.2) is 18.2 Å². The van der Waals surface area contributed by atoms with Crippen molar-refractivity contribution in [3.05, 3.63) is 23.8 Å². The van der Waals surface area contributed by atoms with Crippen molar-refractivity contribution in [1.82, 2.24) is 5.32 Å². The van der Waals surface area contributed by atoms with Gasteiger partial charge in [0.05, 0.1) is 19.3 Å². The first-order valence-corrected chi connectivity index (χ1v) is 10.7. The summed E-state index contributed by atoms with van der Waals surface area (Å²) in [6.45, 7) is 12.6. The number of benzene rings is 1. The van der Waals surface area contributed by atoms with E-state index >= 15 is 0 Å². The van der Waals surface area contributed by atoms with Crippen LogP contribution in [0.2, 0.25) is 0 Å². The van der Waals surface area contributed by atoms with E-state index in [9.17, 15) is 0 Å². The average molecular weight is 374 g/mol. The van der Waals surface area contributed by atoms with Crippen LogP contribution >= 0.6 is 0 Å². The Morgan fingerprint density at radius 1 is 1.30 bits per heavy atom. The van der Waals surface area contributed by atoms with Crippen molar-refractivity contribution in [2.45, 2.75) is 65.1 Å². The summed E-state index contributed by atoms with van der Waals surface area (Å²) >= 11 is 0. The molecule has 2 saturated heterocycles. The number of ether oxygens (including phenoxy) is 3. The summed E-state index contributed by atoms with van der Waals surface area (Å²) in [5.74, 6) is 2.89. The van der Waals surface area contributed by atoms with E-state index in [0.717, 1.165) is 43.5 Å². The molecule has 1 spiro atoms. The first-order chi connectivity index (χ1) is 13.0. The van der Waals surface area contributed by atoms with E-state index in [1.54, 1.807) is 0 Å². The average Bonchev–Trinajstić information content (AvgIpc) is 2.61. The normalized spacial score (nSPS) is 31.0. The summed E-state index contributed by atoms with van der Waals surface area (Å²) in [6.07, 6.45) is 4.79. The largest absolute Gasteiger partial charge is 0.490 e. The molecule has 3 aliphatic rings. The molecule has 150 valence electrons. The van der Waals surface area contributed by atoms with Gasteiger partial charge in [0.1, 0.15) is 5.60 Å². The lowest BCUT2D eigenvalue weighted by atomic mass is 9.64. The molecule has 0 aliphatic carbocycles. The van der Waals surface area contributed by atoms with Gasteiger partial charge < -0.3 is 19.5 Å². The van der Waals surface area contributed by atoms with Crippen molar-refractivity contribution in [2.75, 3.05) is 26.3 Å². The third kappa shape index (κ3) is 3.47. The lowest BCUT2D eigenvalue weighted by molar-refractivity contribution is -0.181. The molecule has 0 radical (unpaired) electrons. The van der Waals surface area contributed by atoms with E-state index in [1.807, 2.05) is 13.0 Å². The first-order valence-electron chi connectivity index (χ1n) is 10.7. The molecule has 0 unspecified atom stereocenters. The molecule has 0 bridgehead atoms. The van der Waals surface area contributed by atoms with Crippen LogP contribution in [-0.4, -0.2) is 31.9 Å². The van der Waals surface area contributed by atoms with Crippen LogP contribution in [0.5, 0.6) is 11.5 Å². The van der Waals surface area contributed by atoms with Gasteiger partial charge in [-0.1, -0.05) is 32.4 Å². The third-order valence-electron chi connectivity index (χ3n) is 6.78. The number of rotatable bonds is 6. The SMILES string of the molecule is CCOc1cccc2c1O[C@](C)(CCCC(C)C)[C@H]1CC3(CNC3)CO[C@H]21. The van der Waals surface area contributed by atoms with Crippen LogP contribution in [0.1, 0.15) is 65.0 Å². The van der Waals surface area contributed by atoms with Gasteiger partial charge in [0, 0.05) is 30.0 Å². The van der Waals surface area contributed by atoms with E-state index in [0.29, 0.717) is 17.9 Å². The van der Waals surface area contributed by atoms with Crippen molar-refractivity contribution in [3.63, 3.8) is 0 Å². The molecule has 3 aliphatic heterocycles. The molecule has 3 heterocycles. The van der Waals surface area contributed by atoms with Gasteiger partial charge in [0.2, 0.25) is 0 Å². The van der Waals surface area contributed by atoms with Crippen LogP contribution in [0, 0.1) is 17.3 Å². The second-order valence-corrected chi connectivity index (χ2v) is 9.45. The fourth-order valence-corrected chi connectivity index (χ4v) is 5.12. The lowest BCUT2D eigenvalue weighted by Crippen LogP contribution is -2.63. The van der Waals surface area contributed by atoms with Gasteiger partial charge >= 0.3 is 0 Å². The highest BCUT2D eigenvalue weighted by molar-refractivity contribution is 5.50.